The van der Waals surface area contributed by atoms with Gasteiger partial charge in [0.15, 0.2) is 10.4 Å². The maximum absolute atomic E-state index is 12.0. The van der Waals surface area contributed by atoms with Crippen molar-refractivity contribution in [1.82, 2.24) is 9.78 Å². The Hall–Kier alpha value is -2.38. The number of nitrogens with zero attached hydrogens (tertiary/aromatic N) is 2. The van der Waals surface area contributed by atoms with Gasteiger partial charge in [-0.1, -0.05) is 30.3 Å². The summed E-state index contributed by atoms with van der Waals surface area (Å²) in [5.41, 5.74) is 1.74. The van der Waals surface area contributed by atoms with Crippen LogP contribution in [0.25, 0.3) is 0 Å². The van der Waals surface area contributed by atoms with Gasteiger partial charge in [-0.15, -0.1) is 0 Å². The highest BCUT2D eigenvalue weighted by Crippen LogP contribution is 2.15. The van der Waals surface area contributed by atoms with Gasteiger partial charge in [0.05, 0.1) is 31.6 Å². The monoisotopic (exact) mass is 389 g/mol. The Kier molecular flexibility index (Phi) is 5.45. The zero-order chi connectivity index (χ0) is 16.8. The van der Waals surface area contributed by atoms with Crippen molar-refractivity contribution < 1.29 is 13.9 Å². The Labute approximate surface area is 147 Å². The van der Waals surface area contributed by atoms with Crippen molar-refractivity contribution in [3.8, 4) is 0 Å². The molecular formula is C17H16BrN3O3. The van der Waals surface area contributed by atoms with Crippen LogP contribution in [0.5, 0.6) is 0 Å². The SMILES string of the molecule is O=C(Nc1cnn(CCOCc2ccccc2)c1)c1ccc(Br)o1. The number of hydrogen-bond acceptors (Lipinski definition) is 4. The van der Waals surface area contributed by atoms with Crippen LogP contribution in [0, 0.1) is 0 Å². The second kappa shape index (κ2) is 7.94. The number of furan rings is 1. The van der Waals surface area contributed by atoms with Crippen LogP contribution in [0.3, 0.4) is 0 Å². The molecule has 1 N–H and O–H groups in total. The van der Waals surface area contributed by atoms with E-state index in [0.29, 0.717) is 30.1 Å². The Morgan fingerprint density at radius 2 is 2.08 bits per heavy atom. The Balaban J connectivity index is 1.44. The zero-order valence-corrected chi connectivity index (χ0v) is 14.4. The van der Waals surface area contributed by atoms with Gasteiger partial charge in [0.2, 0.25) is 0 Å². The third-order valence-electron chi connectivity index (χ3n) is 3.26. The molecule has 3 rings (SSSR count). The minimum atomic E-state index is -0.319. The number of halogens is 1. The van der Waals surface area contributed by atoms with E-state index in [1.165, 1.54) is 0 Å². The van der Waals surface area contributed by atoms with Crippen molar-refractivity contribution in [3.05, 3.63) is 70.9 Å². The number of benzene rings is 1. The normalized spacial score (nSPS) is 10.7. The molecule has 0 spiro atoms. The second-order valence-corrected chi connectivity index (χ2v) is 5.87. The van der Waals surface area contributed by atoms with Crippen LogP contribution in [0.15, 0.2) is 63.9 Å². The van der Waals surface area contributed by atoms with Gasteiger partial charge >= 0.3 is 0 Å². The minimum Gasteiger partial charge on any atom is -0.444 e. The maximum atomic E-state index is 12.0. The van der Waals surface area contributed by atoms with Crippen LogP contribution in [-0.2, 0) is 17.9 Å². The maximum Gasteiger partial charge on any atom is 0.291 e. The molecule has 3 aromatic rings. The fraction of sp³-hybridized carbons (Fsp3) is 0.176. The van der Waals surface area contributed by atoms with E-state index in [4.69, 9.17) is 9.15 Å². The summed E-state index contributed by atoms with van der Waals surface area (Å²) in [5.74, 6) is -0.0820. The average Bonchev–Trinajstić information content (AvgIpc) is 3.22. The lowest BCUT2D eigenvalue weighted by atomic mass is 10.2. The van der Waals surface area contributed by atoms with Crippen molar-refractivity contribution in [3.63, 3.8) is 0 Å². The largest absolute Gasteiger partial charge is 0.444 e. The molecule has 6 nitrogen and oxygen atoms in total. The first-order valence-electron chi connectivity index (χ1n) is 7.41. The number of carbonyl (C=O) groups is 1. The summed E-state index contributed by atoms with van der Waals surface area (Å²) in [6.07, 6.45) is 3.34. The molecule has 24 heavy (non-hydrogen) atoms. The van der Waals surface area contributed by atoms with Crippen molar-refractivity contribution in [2.24, 2.45) is 0 Å². The van der Waals surface area contributed by atoms with E-state index in [9.17, 15) is 4.79 Å². The molecule has 0 bridgehead atoms. The van der Waals surface area contributed by atoms with E-state index in [0.717, 1.165) is 5.56 Å². The molecule has 0 unspecified atom stereocenters. The summed E-state index contributed by atoms with van der Waals surface area (Å²) in [6.45, 7) is 1.71. The molecule has 7 heteroatoms. The molecule has 0 radical (unpaired) electrons. The highest BCUT2D eigenvalue weighted by molar-refractivity contribution is 9.10. The fourth-order valence-electron chi connectivity index (χ4n) is 2.10. The zero-order valence-electron chi connectivity index (χ0n) is 12.8. The first kappa shape index (κ1) is 16.5. The number of nitrogens with one attached hydrogen (secondary N) is 1. The van der Waals surface area contributed by atoms with Crippen LogP contribution in [0.1, 0.15) is 16.1 Å². The first-order valence-corrected chi connectivity index (χ1v) is 8.21. The van der Waals surface area contributed by atoms with Crippen LogP contribution in [0.4, 0.5) is 5.69 Å². The van der Waals surface area contributed by atoms with Gasteiger partial charge in [-0.05, 0) is 33.6 Å². The summed E-state index contributed by atoms with van der Waals surface area (Å²) in [4.78, 5) is 12.0. The van der Waals surface area contributed by atoms with Crippen molar-refractivity contribution in [1.29, 1.82) is 0 Å². The molecule has 0 fully saturated rings. The average molecular weight is 390 g/mol. The van der Waals surface area contributed by atoms with Gasteiger partial charge < -0.3 is 14.5 Å². The lowest BCUT2D eigenvalue weighted by Crippen LogP contribution is -2.10. The van der Waals surface area contributed by atoms with Gasteiger partial charge in [0.25, 0.3) is 5.91 Å². The smallest absolute Gasteiger partial charge is 0.291 e. The lowest BCUT2D eigenvalue weighted by Gasteiger charge is -2.04. The topological polar surface area (TPSA) is 69.3 Å². The number of rotatable bonds is 7. The summed E-state index contributed by atoms with van der Waals surface area (Å²) in [6, 6.07) is 13.3. The third kappa shape index (κ3) is 4.56. The van der Waals surface area contributed by atoms with E-state index >= 15 is 0 Å². The molecule has 124 valence electrons. The third-order valence-corrected chi connectivity index (χ3v) is 3.69. The van der Waals surface area contributed by atoms with Gasteiger partial charge in [0, 0.05) is 6.20 Å². The number of amides is 1. The van der Waals surface area contributed by atoms with E-state index in [-0.39, 0.29) is 11.7 Å². The molecule has 0 saturated heterocycles. The quantitative estimate of drug-likeness (QED) is 0.625. The highest BCUT2D eigenvalue weighted by Gasteiger charge is 2.11. The molecule has 0 aliphatic heterocycles. The molecule has 2 aromatic heterocycles. The molecule has 2 heterocycles. The van der Waals surface area contributed by atoms with E-state index in [2.05, 4.69) is 26.3 Å². The van der Waals surface area contributed by atoms with E-state index < -0.39 is 0 Å². The number of carbonyl (C=O) groups excluding carboxylic acids is 1. The van der Waals surface area contributed by atoms with Gasteiger partial charge in [-0.2, -0.15) is 5.10 Å². The Morgan fingerprint density at radius 3 is 2.83 bits per heavy atom. The van der Waals surface area contributed by atoms with Crippen molar-refractivity contribution in [2.75, 3.05) is 11.9 Å². The minimum absolute atomic E-state index is 0.237. The molecular weight excluding hydrogens is 374 g/mol. The molecule has 0 aliphatic rings. The van der Waals surface area contributed by atoms with Crippen LogP contribution < -0.4 is 5.32 Å². The summed E-state index contributed by atoms with van der Waals surface area (Å²) in [5, 5.41) is 6.93. The predicted octanol–water partition coefficient (Wildman–Crippen LogP) is 3.71. The summed E-state index contributed by atoms with van der Waals surface area (Å²) < 4.78 is 13.1. The molecule has 0 atom stereocenters. The van der Waals surface area contributed by atoms with Gasteiger partial charge in [-0.3, -0.25) is 9.48 Å². The van der Waals surface area contributed by atoms with Crippen LogP contribution >= 0.6 is 15.9 Å². The number of ether oxygens (including phenoxy) is 1. The highest BCUT2D eigenvalue weighted by atomic mass is 79.9. The Morgan fingerprint density at radius 1 is 1.25 bits per heavy atom. The van der Waals surface area contributed by atoms with Crippen LogP contribution in [0.2, 0.25) is 0 Å². The molecule has 0 saturated carbocycles. The standard InChI is InChI=1S/C17H16BrN3O3/c18-16-7-6-15(24-16)17(22)20-14-10-19-21(11-14)8-9-23-12-13-4-2-1-3-5-13/h1-7,10-11H,8-9,12H2,(H,20,22). The van der Waals surface area contributed by atoms with Gasteiger partial charge in [-0.25, -0.2) is 0 Å². The molecule has 0 aliphatic carbocycles. The number of hydrogen-bond donors (Lipinski definition) is 1. The molecule has 1 aromatic carbocycles. The number of aromatic nitrogens is 2. The van der Waals surface area contributed by atoms with E-state index in [1.54, 1.807) is 29.2 Å². The second-order valence-electron chi connectivity index (χ2n) is 5.09. The summed E-state index contributed by atoms with van der Waals surface area (Å²) in [7, 11) is 0. The van der Waals surface area contributed by atoms with Crippen molar-refractivity contribution >= 4 is 27.5 Å². The van der Waals surface area contributed by atoms with Crippen molar-refractivity contribution in [2.45, 2.75) is 13.2 Å². The lowest BCUT2D eigenvalue weighted by molar-refractivity contribution is 0.0995. The van der Waals surface area contributed by atoms with Crippen LogP contribution in [-0.4, -0.2) is 22.3 Å². The molecule has 1 amide bonds. The predicted molar refractivity (Wildman–Crippen MR) is 92.7 cm³/mol. The van der Waals surface area contributed by atoms with Gasteiger partial charge in [0.1, 0.15) is 0 Å². The number of anilines is 1. The summed E-state index contributed by atoms with van der Waals surface area (Å²) >= 11 is 3.17. The first-order chi connectivity index (χ1) is 11.7. The Bertz CT molecular complexity index is 798. The fourth-order valence-corrected chi connectivity index (χ4v) is 2.41. The van der Waals surface area contributed by atoms with E-state index in [1.807, 2.05) is 30.3 Å².